The van der Waals surface area contributed by atoms with Gasteiger partial charge in [-0.3, -0.25) is 0 Å². The van der Waals surface area contributed by atoms with Crippen molar-refractivity contribution in [2.45, 2.75) is 63.2 Å². The number of hydrogen-bond donors (Lipinski definition) is 0. The van der Waals surface area contributed by atoms with Gasteiger partial charge in [-0.2, -0.15) is 0 Å². The van der Waals surface area contributed by atoms with Gasteiger partial charge in [-0.25, -0.2) is 0 Å². The Morgan fingerprint density at radius 3 is 1.68 bits per heavy atom. The molecule has 0 spiro atoms. The van der Waals surface area contributed by atoms with Gasteiger partial charge < -0.3 is 9.15 Å². The number of rotatable bonds is 12. The van der Waals surface area contributed by atoms with E-state index in [1.165, 1.54) is 32.1 Å². The summed E-state index contributed by atoms with van der Waals surface area (Å²) in [5.41, 5.74) is 12.1. The molecule has 4 nitrogen and oxygen atoms in total. The second kappa shape index (κ2) is 18.1. The number of hydrogen-bond acceptors (Lipinski definition) is 4. The van der Waals surface area contributed by atoms with Crippen LogP contribution in [0.5, 0.6) is 5.75 Å². The van der Waals surface area contributed by atoms with Crippen LogP contribution in [0.2, 0.25) is 0 Å². The van der Waals surface area contributed by atoms with Crippen LogP contribution in [0, 0.1) is 72.6 Å². The average Bonchev–Trinajstić information content (AvgIpc) is 4.03. The van der Waals surface area contributed by atoms with E-state index in [-0.39, 0.29) is 21.4 Å². The molecule has 4 heteroatoms. The van der Waals surface area contributed by atoms with Gasteiger partial charge in [0.15, 0.2) is 0 Å². The number of aromatic nitrogens is 2. The molecule has 0 saturated carbocycles. The van der Waals surface area contributed by atoms with Gasteiger partial charge in [-0.05, 0) is 170 Å². The molecule has 0 N–H and O–H groups in total. The molecule has 0 radical (unpaired) electrons. The summed E-state index contributed by atoms with van der Waals surface area (Å²) in [4.78, 5) is 0. The lowest BCUT2D eigenvalue weighted by Gasteiger charge is -2.21. The van der Waals surface area contributed by atoms with Gasteiger partial charge >= 0.3 is 0 Å². The Balaban J connectivity index is -0.000000711. The van der Waals surface area contributed by atoms with E-state index in [1.807, 2.05) is 42.5 Å². The van der Waals surface area contributed by atoms with Crippen LogP contribution in [-0.4, -0.2) is 16.8 Å². The second-order valence-corrected chi connectivity index (χ2v) is 16.5. The van der Waals surface area contributed by atoms with Gasteiger partial charge in [-0.1, -0.05) is 130 Å². The highest BCUT2D eigenvalue weighted by Crippen LogP contribution is 2.52. The molecule has 340 valence electrons. The second-order valence-electron chi connectivity index (χ2n) is 16.5. The molecule has 6 aromatic carbocycles. The van der Waals surface area contributed by atoms with Crippen LogP contribution in [0.3, 0.4) is 0 Å². The lowest BCUT2D eigenvalue weighted by atomic mass is 9.78. The number of nitrogens with zero attached hydrogens (tertiary/aromatic N) is 2. The highest BCUT2D eigenvalue weighted by Gasteiger charge is 2.42. The van der Waals surface area contributed by atoms with E-state index in [0.717, 1.165) is 90.1 Å². The monoisotopic (exact) mass is 867 g/mol. The molecule has 0 fully saturated rings. The largest absolute Gasteiger partial charge is 0.494 e. The van der Waals surface area contributed by atoms with Crippen LogP contribution in [0.25, 0.3) is 67.4 Å². The van der Waals surface area contributed by atoms with Crippen LogP contribution in [-0.2, 0) is 10.8 Å². The van der Waals surface area contributed by atoms with Crippen molar-refractivity contribution in [1.82, 2.24) is 10.2 Å². The minimum absolute atomic E-state index is 0. The average molecular weight is 867 g/mol. The number of ether oxygens (including phenoxy) is 1. The molecule has 9 rings (SSSR count). The normalized spacial score (nSPS) is 14.2. The van der Waals surface area contributed by atoms with Crippen molar-refractivity contribution in [3.05, 3.63) is 150 Å². The fourth-order valence-electron chi connectivity index (χ4n) is 9.29. The van der Waals surface area contributed by atoms with E-state index in [1.54, 1.807) is 0 Å². The van der Waals surface area contributed by atoms with Crippen molar-refractivity contribution in [1.29, 1.82) is 0 Å². The molecule has 0 bridgehead atoms. The smallest absolute Gasteiger partial charge is 0.248 e. The van der Waals surface area contributed by atoms with Gasteiger partial charge in [0.25, 0.3) is 0 Å². The highest BCUT2D eigenvalue weighted by molar-refractivity contribution is 5.90. The fraction of sp³-hybridized carbons (Fsp3) is 0.180. The van der Waals surface area contributed by atoms with Crippen molar-refractivity contribution in [3.63, 3.8) is 0 Å². The van der Waals surface area contributed by atoms with Crippen LogP contribution in [0.15, 0.2) is 132 Å². The van der Waals surface area contributed by atoms with Crippen molar-refractivity contribution in [2.75, 3.05) is 6.61 Å². The summed E-state index contributed by atoms with van der Waals surface area (Å²) in [7, 11) is 0. The summed E-state index contributed by atoms with van der Waals surface area (Å²) in [5, 5.41) is 9.13. The Morgan fingerprint density at radius 2 is 1.02 bits per heavy atom. The predicted molar refractivity (Wildman–Crippen MR) is 295 cm³/mol. The quantitative estimate of drug-likeness (QED) is 0.0907. The van der Waals surface area contributed by atoms with Gasteiger partial charge in [0, 0.05) is 32.5 Å². The Morgan fingerprint density at radius 1 is 0.508 bits per heavy atom. The maximum atomic E-state index is 6.48. The molecule has 0 saturated heterocycles. The van der Waals surface area contributed by atoms with E-state index in [2.05, 4.69) is 162 Å². The first kappa shape index (κ1) is 41.9. The minimum atomic E-state index is -1.03. The van der Waals surface area contributed by atoms with Gasteiger partial charge in [-0.15, -0.1) is 29.5 Å². The zero-order chi connectivity index (χ0) is 44.8. The van der Waals surface area contributed by atoms with E-state index in [0.29, 0.717) is 18.4 Å². The molecular weight excluding hydrogens is 793 g/mol. The third-order valence-electron chi connectivity index (χ3n) is 12.5. The van der Waals surface area contributed by atoms with E-state index >= 15 is 0 Å². The number of terminal acetylenes is 3. The maximum absolute atomic E-state index is 6.48. The lowest BCUT2D eigenvalue weighted by molar-refractivity contribution is 0.304. The molecule has 0 amide bonds. The molecule has 1 aromatic heterocycles. The molecular formula is C61H74N2O2. The summed E-state index contributed by atoms with van der Waals surface area (Å²) in [5.74, 6) is 27.9. The van der Waals surface area contributed by atoms with Gasteiger partial charge in [0.05, 0.1) is 12.0 Å². The Hall–Kier alpha value is -8.38. The van der Waals surface area contributed by atoms with Crippen LogP contribution in [0.4, 0.5) is 0 Å². The Labute approximate surface area is 405 Å². The standard InChI is InChI=1S/C61H44N2O2.15H2/c1-6-10-14-15-16-21-37-64-49-30-26-43(27-31-49)58-62-63-59(65-58)48-39-46(44-28-32-52-50-22-17-19-24-54(50)60(5,34-11-7-2)56(52)41-44)38-47(40-48)45-29-33-53-51-23-18-20-25-55(51)61(35-12-8-3,36-13-9-4)57(53)42-45;;;;;;;;;;;;;;;/h2-4,17-20,22-33,38-42H,6,10,14-16,21,37H2,1,5H3;15*1H. The van der Waals surface area contributed by atoms with E-state index in [4.69, 9.17) is 28.4 Å². The number of fused-ring (bicyclic) bond motifs is 6. The van der Waals surface area contributed by atoms with Crippen molar-refractivity contribution < 1.29 is 30.6 Å². The third-order valence-corrected chi connectivity index (χ3v) is 12.5. The van der Waals surface area contributed by atoms with Crippen LogP contribution in [0.1, 0.15) is 96.0 Å². The first-order chi connectivity index (χ1) is 31.9. The van der Waals surface area contributed by atoms with Gasteiger partial charge in [0.2, 0.25) is 11.8 Å². The van der Waals surface area contributed by atoms with Gasteiger partial charge in [0.1, 0.15) is 11.2 Å². The fourth-order valence-corrected chi connectivity index (χ4v) is 9.29. The molecule has 2 aliphatic carbocycles. The molecule has 2 aliphatic rings. The molecule has 1 heterocycles. The summed E-state index contributed by atoms with van der Waals surface area (Å²) in [6.45, 7) is 5.07. The van der Waals surface area contributed by atoms with E-state index in [9.17, 15) is 0 Å². The van der Waals surface area contributed by atoms with Crippen molar-refractivity contribution in [3.8, 4) is 146 Å². The van der Waals surface area contributed by atoms with Crippen LogP contribution >= 0.6 is 0 Å². The minimum Gasteiger partial charge on any atom is -0.494 e. The van der Waals surface area contributed by atoms with Crippen molar-refractivity contribution >= 4 is 0 Å². The van der Waals surface area contributed by atoms with E-state index < -0.39 is 10.8 Å². The maximum Gasteiger partial charge on any atom is 0.248 e. The van der Waals surface area contributed by atoms with Crippen LogP contribution < -0.4 is 4.74 Å². The molecule has 7 aromatic rings. The molecule has 1 unspecified atom stereocenters. The van der Waals surface area contributed by atoms with Crippen molar-refractivity contribution in [2.24, 2.45) is 0 Å². The number of unbranched alkanes of at least 4 members (excludes halogenated alkanes) is 5. The molecule has 65 heavy (non-hydrogen) atoms. The molecule has 0 aliphatic heterocycles. The zero-order valence-electron chi connectivity index (χ0n) is 36.5. The summed E-state index contributed by atoms with van der Waals surface area (Å²) < 4.78 is 12.5. The molecule has 1 atom stereocenters. The third kappa shape index (κ3) is 7.86. The Bertz CT molecular complexity index is 3330. The predicted octanol–water partition coefficient (Wildman–Crippen LogP) is 16.6. The topological polar surface area (TPSA) is 48.2 Å². The summed E-state index contributed by atoms with van der Waals surface area (Å²) >= 11 is 0. The zero-order valence-corrected chi connectivity index (χ0v) is 36.5. The first-order valence-corrected chi connectivity index (χ1v) is 22.1. The highest BCUT2D eigenvalue weighted by atomic mass is 16.5. The summed E-state index contributed by atoms with van der Waals surface area (Å²) in [6, 6.07) is 43.7. The SMILES string of the molecule is C#CC#CC1(C)c2ccccc2-c2ccc(-c3cc(-c4ccc5c(c4)C(C#CC#C)(C#CC#C)c4ccccc4-5)cc(-c4nnc(-c5ccc(OCCCCCCCC)cc5)o4)c3)cc21.[HH].[HH].[HH].[HH].[HH].[HH].[HH].[HH].[HH].[HH].[HH].[HH].[HH].[HH].[HH]. The first-order valence-electron chi connectivity index (χ1n) is 22.1. The lowest BCUT2D eigenvalue weighted by Crippen LogP contribution is -2.21. The Kier molecular flexibility index (Phi) is 11.7. The summed E-state index contributed by atoms with van der Waals surface area (Å²) in [6.07, 6.45) is 24.4. The number of benzene rings is 6.